The fourth-order valence-electron chi connectivity index (χ4n) is 3.93. The number of hydrogen-bond acceptors (Lipinski definition) is 5. The predicted octanol–water partition coefficient (Wildman–Crippen LogP) is 4.25. The minimum atomic E-state index is -2.74. The lowest BCUT2D eigenvalue weighted by molar-refractivity contribution is -0.0940. The summed E-state index contributed by atoms with van der Waals surface area (Å²) in [7, 11) is 0. The molecular formula is C21H31BrF2N4O2. The van der Waals surface area contributed by atoms with Crippen LogP contribution in [0.15, 0.2) is 22.8 Å². The fraction of sp³-hybridized carbons (Fsp3) is 0.714. The zero-order chi connectivity index (χ0) is 21.9. The average molecular weight is 489 g/mol. The molecule has 1 aromatic heterocycles. The van der Waals surface area contributed by atoms with E-state index in [1.54, 1.807) is 16.0 Å². The number of nitrogens with zero attached hydrogens (tertiary/aromatic N) is 4. The molecule has 1 aromatic rings. The number of alkyl halides is 2. The molecule has 3 rings (SSSR count). The van der Waals surface area contributed by atoms with Crippen LogP contribution in [-0.4, -0.2) is 78.2 Å². The van der Waals surface area contributed by atoms with Gasteiger partial charge in [0.05, 0.1) is 6.54 Å². The van der Waals surface area contributed by atoms with Gasteiger partial charge in [0, 0.05) is 55.9 Å². The van der Waals surface area contributed by atoms with E-state index in [0.29, 0.717) is 52.1 Å². The van der Waals surface area contributed by atoms with Crippen LogP contribution >= 0.6 is 15.9 Å². The lowest BCUT2D eigenvalue weighted by atomic mass is 9.90. The van der Waals surface area contributed by atoms with Crippen molar-refractivity contribution in [2.24, 2.45) is 5.92 Å². The molecule has 0 aliphatic carbocycles. The lowest BCUT2D eigenvalue weighted by Gasteiger charge is -2.40. The van der Waals surface area contributed by atoms with Gasteiger partial charge in [-0.15, -0.1) is 0 Å². The predicted molar refractivity (Wildman–Crippen MR) is 116 cm³/mol. The first-order valence-electron chi connectivity index (χ1n) is 10.5. The van der Waals surface area contributed by atoms with Gasteiger partial charge in [-0.3, -0.25) is 4.90 Å². The molecule has 0 radical (unpaired) electrons. The summed E-state index contributed by atoms with van der Waals surface area (Å²) in [5.41, 5.74) is -0.554. The third-order valence-corrected chi connectivity index (χ3v) is 6.06. The van der Waals surface area contributed by atoms with Gasteiger partial charge in [0.1, 0.15) is 11.4 Å². The zero-order valence-corrected chi connectivity index (χ0v) is 19.5. The van der Waals surface area contributed by atoms with E-state index in [-0.39, 0.29) is 12.6 Å². The lowest BCUT2D eigenvalue weighted by Crippen LogP contribution is -2.54. The number of halogens is 3. The van der Waals surface area contributed by atoms with E-state index >= 15 is 0 Å². The molecule has 0 N–H and O–H groups in total. The van der Waals surface area contributed by atoms with Crippen LogP contribution < -0.4 is 4.90 Å². The Kier molecular flexibility index (Phi) is 7.22. The van der Waals surface area contributed by atoms with Crippen LogP contribution in [0, 0.1) is 5.92 Å². The quantitative estimate of drug-likeness (QED) is 0.633. The number of hydrogen-bond donors (Lipinski definition) is 0. The van der Waals surface area contributed by atoms with E-state index in [1.165, 1.54) is 0 Å². The van der Waals surface area contributed by atoms with Crippen LogP contribution in [0.1, 0.15) is 33.6 Å². The Hall–Kier alpha value is -1.48. The van der Waals surface area contributed by atoms with Crippen LogP contribution in [0.25, 0.3) is 0 Å². The van der Waals surface area contributed by atoms with Gasteiger partial charge in [-0.25, -0.2) is 18.6 Å². The van der Waals surface area contributed by atoms with E-state index in [4.69, 9.17) is 4.74 Å². The topological polar surface area (TPSA) is 48.9 Å². The Morgan fingerprint density at radius 3 is 2.30 bits per heavy atom. The number of amides is 1. The number of piperidine rings is 1. The highest BCUT2D eigenvalue weighted by Crippen LogP contribution is 2.35. The summed E-state index contributed by atoms with van der Waals surface area (Å²) in [6, 6.07) is 3.83. The average Bonchev–Trinajstić information content (AvgIpc) is 2.68. The molecule has 30 heavy (non-hydrogen) atoms. The van der Waals surface area contributed by atoms with Crippen molar-refractivity contribution in [1.82, 2.24) is 14.8 Å². The van der Waals surface area contributed by atoms with E-state index in [9.17, 15) is 13.6 Å². The number of piperazine rings is 1. The van der Waals surface area contributed by atoms with Gasteiger partial charge in [-0.1, -0.05) is 0 Å². The molecule has 2 aliphatic rings. The Morgan fingerprint density at radius 1 is 1.13 bits per heavy atom. The van der Waals surface area contributed by atoms with Crippen molar-refractivity contribution >= 4 is 27.8 Å². The molecular weight excluding hydrogens is 458 g/mol. The van der Waals surface area contributed by atoms with E-state index < -0.39 is 17.4 Å². The standard InChI is InChI=1S/C21H31BrF2N4O2/c1-20(2,3)30-19(29)28-12-10-26(11-13-28)15-21(23,24)16-6-8-27(9-7-16)18-5-4-17(22)14-25-18/h4-5,14,16H,6-13,15H2,1-3H3. The summed E-state index contributed by atoms with van der Waals surface area (Å²) < 4.78 is 36.2. The summed E-state index contributed by atoms with van der Waals surface area (Å²) >= 11 is 3.36. The van der Waals surface area contributed by atoms with Crippen molar-refractivity contribution in [2.45, 2.75) is 45.1 Å². The minimum absolute atomic E-state index is 0.254. The van der Waals surface area contributed by atoms with Crippen molar-refractivity contribution in [3.8, 4) is 0 Å². The molecule has 2 aliphatic heterocycles. The molecule has 0 atom stereocenters. The maximum atomic E-state index is 15.0. The molecule has 2 saturated heterocycles. The van der Waals surface area contributed by atoms with Gasteiger partial charge in [0.2, 0.25) is 0 Å². The van der Waals surface area contributed by atoms with Crippen LogP contribution in [-0.2, 0) is 4.74 Å². The minimum Gasteiger partial charge on any atom is -0.444 e. The Bertz CT molecular complexity index is 711. The largest absolute Gasteiger partial charge is 0.444 e. The number of anilines is 1. The zero-order valence-electron chi connectivity index (χ0n) is 17.9. The second kappa shape index (κ2) is 9.34. The molecule has 0 unspecified atom stereocenters. The van der Waals surface area contributed by atoms with Crippen molar-refractivity contribution in [2.75, 3.05) is 50.7 Å². The highest BCUT2D eigenvalue weighted by Gasteiger charge is 2.43. The summed E-state index contributed by atoms with van der Waals surface area (Å²) in [6.45, 7) is 8.09. The molecule has 2 fully saturated rings. The molecule has 3 heterocycles. The third-order valence-electron chi connectivity index (χ3n) is 5.59. The summed E-state index contributed by atoms with van der Waals surface area (Å²) in [5, 5.41) is 0. The van der Waals surface area contributed by atoms with E-state index in [2.05, 4.69) is 25.8 Å². The van der Waals surface area contributed by atoms with Crippen molar-refractivity contribution < 1.29 is 18.3 Å². The molecule has 6 nitrogen and oxygen atoms in total. The first-order valence-corrected chi connectivity index (χ1v) is 11.3. The van der Waals surface area contributed by atoms with Gasteiger partial charge < -0.3 is 14.5 Å². The molecule has 0 saturated carbocycles. The number of pyridine rings is 1. The molecule has 168 valence electrons. The SMILES string of the molecule is CC(C)(C)OC(=O)N1CCN(CC(F)(F)C2CCN(c3ccc(Br)cn3)CC2)CC1. The van der Waals surface area contributed by atoms with Gasteiger partial charge in [0.25, 0.3) is 5.92 Å². The van der Waals surface area contributed by atoms with Gasteiger partial charge in [0.15, 0.2) is 0 Å². The summed E-state index contributed by atoms with van der Waals surface area (Å²) in [5.74, 6) is -2.54. The van der Waals surface area contributed by atoms with Gasteiger partial charge in [-0.2, -0.15) is 0 Å². The van der Waals surface area contributed by atoms with Crippen LogP contribution in [0.2, 0.25) is 0 Å². The molecule has 0 bridgehead atoms. The first-order chi connectivity index (χ1) is 14.0. The number of carbonyl (C=O) groups excluding carboxylic acids is 1. The summed E-state index contributed by atoms with van der Waals surface area (Å²) in [6.07, 6.45) is 2.25. The maximum Gasteiger partial charge on any atom is 0.410 e. The fourth-order valence-corrected chi connectivity index (χ4v) is 4.16. The first kappa shape index (κ1) is 23.2. The van der Waals surface area contributed by atoms with Crippen LogP contribution in [0.4, 0.5) is 19.4 Å². The second-order valence-corrected chi connectivity index (χ2v) is 10.0. The molecule has 9 heteroatoms. The van der Waals surface area contributed by atoms with E-state index in [0.717, 1.165) is 10.3 Å². The number of carbonyl (C=O) groups is 1. The number of aromatic nitrogens is 1. The van der Waals surface area contributed by atoms with Crippen LogP contribution in [0.5, 0.6) is 0 Å². The van der Waals surface area contributed by atoms with Crippen molar-refractivity contribution in [3.05, 3.63) is 22.8 Å². The normalized spacial score (nSPS) is 19.8. The van der Waals surface area contributed by atoms with Crippen LogP contribution in [0.3, 0.4) is 0 Å². The van der Waals surface area contributed by atoms with E-state index in [1.807, 2.05) is 32.9 Å². The third kappa shape index (κ3) is 6.26. The molecule has 0 aromatic carbocycles. The van der Waals surface area contributed by atoms with Crippen molar-refractivity contribution in [1.29, 1.82) is 0 Å². The molecule has 0 spiro atoms. The maximum absolute atomic E-state index is 15.0. The second-order valence-electron chi connectivity index (χ2n) is 9.10. The number of ether oxygens (including phenoxy) is 1. The van der Waals surface area contributed by atoms with Crippen molar-refractivity contribution in [3.63, 3.8) is 0 Å². The smallest absolute Gasteiger partial charge is 0.410 e. The highest BCUT2D eigenvalue weighted by atomic mass is 79.9. The summed E-state index contributed by atoms with van der Waals surface area (Å²) in [4.78, 5) is 21.9. The van der Waals surface area contributed by atoms with Gasteiger partial charge in [-0.05, 0) is 61.7 Å². The monoisotopic (exact) mass is 488 g/mol. The van der Waals surface area contributed by atoms with Gasteiger partial charge >= 0.3 is 6.09 Å². The molecule has 1 amide bonds. The Balaban J connectivity index is 1.46. The Labute approximate surface area is 185 Å². The number of rotatable bonds is 4. The Morgan fingerprint density at radius 2 is 1.77 bits per heavy atom. The highest BCUT2D eigenvalue weighted by molar-refractivity contribution is 9.10.